The van der Waals surface area contributed by atoms with Crippen LogP contribution < -0.4 is 5.32 Å². The molecular formula is C24H27NO4. The van der Waals surface area contributed by atoms with Crippen LogP contribution >= 0.6 is 0 Å². The second kappa shape index (κ2) is 8.27. The second-order valence-corrected chi connectivity index (χ2v) is 7.67. The number of nitrogens with one attached hydrogen (secondary N) is 1. The first-order valence-corrected chi connectivity index (χ1v) is 10.6. The standard InChI is InChI=1S/C24H27NO4/c1-3-5-8-15-11-12-19-17(13-15)18(23(26)25-19)14-21-22(24(27)28-4-2)16-9-6-7-10-20(16)29-21/h11-14H,3-10H2,1-2H3,(H,25,26). The molecule has 2 aromatic rings. The van der Waals surface area contributed by atoms with Crippen molar-refractivity contribution in [3.8, 4) is 0 Å². The third-order valence-corrected chi connectivity index (χ3v) is 5.64. The summed E-state index contributed by atoms with van der Waals surface area (Å²) < 4.78 is 11.4. The predicted octanol–water partition coefficient (Wildman–Crippen LogP) is 5.17. The summed E-state index contributed by atoms with van der Waals surface area (Å²) in [5, 5.41) is 2.92. The molecule has 152 valence electrons. The Bertz CT molecular complexity index is 983. The van der Waals surface area contributed by atoms with Crippen molar-refractivity contribution in [3.63, 3.8) is 0 Å². The molecule has 0 fully saturated rings. The van der Waals surface area contributed by atoms with E-state index in [2.05, 4.69) is 24.4 Å². The number of carbonyl (C=O) groups is 2. The van der Waals surface area contributed by atoms with Gasteiger partial charge in [-0.2, -0.15) is 0 Å². The van der Waals surface area contributed by atoms with Crippen molar-refractivity contribution in [1.82, 2.24) is 0 Å². The molecule has 0 bridgehead atoms. The van der Waals surface area contributed by atoms with Crippen molar-refractivity contribution < 1.29 is 18.7 Å². The summed E-state index contributed by atoms with van der Waals surface area (Å²) in [7, 11) is 0. The van der Waals surface area contributed by atoms with E-state index in [9.17, 15) is 9.59 Å². The number of hydrogen-bond acceptors (Lipinski definition) is 4. The number of furan rings is 1. The number of rotatable bonds is 6. The number of amides is 1. The minimum atomic E-state index is -0.374. The zero-order chi connectivity index (χ0) is 20.4. The first kappa shape index (κ1) is 19.5. The summed E-state index contributed by atoms with van der Waals surface area (Å²) in [4.78, 5) is 25.3. The monoisotopic (exact) mass is 393 g/mol. The number of benzene rings is 1. The molecule has 1 aliphatic heterocycles. The Morgan fingerprint density at radius 2 is 2.07 bits per heavy atom. The van der Waals surface area contributed by atoms with Gasteiger partial charge in [-0.3, -0.25) is 4.79 Å². The lowest BCUT2D eigenvalue weighted by molar-refractivity contribution is -0.110. The Labute approximate surface area is 171 Å². The van der Waals surface area contributed by atoms with E-state index >= 15 is 0 Å². The SMILES string of the molecule is CCCCc1ccc2c(c1)C(=Cc1oc3c(c1C(=O)OCC)CCCC3)C(=O)N2. The van der Waals surface area contributed by atoms with E-state index in [1.807, 2.05) is 6.07 Å². The lowest BCUT2D eigenvalue weighted by atomic mass is 9.94. The predicted molar refractivity (Wildman–Crippen MR) is 113 cm³/mol. The molecule has 0 unspecified atom stereocenters. The molecule has 5 nitrogen and oxygen atoms in total. The summed E-state index contributed by atoms with van der Waals surface area (Å²) in [6, 6.07) is 6.09. The fourth-order valence-corrected chi connectivity index (χ4v) is 4.16. The fourth-order valence-electron chi connectivity index (χ4n) is 4.16. The normalized spacial score (nSPS) is 16.5. The topological polar surface area (TPSA) is 68.5 Å². The molecule has 4 rings (SSSR count). The number of esters is 1. The van der Waals surface area contributed by atoms with Gasteiger partial charge in [0, 0.05) is 23.2 Å². The van der Waals surface area contributed by atoms with Crippen LogP contribution in [0, 0.1) is 0 Å². The molecule has 29 heavy (non-hydrogen) atoms. The van der Waals surface area contributed by atoms with E-state index in [0.717, 1.165) is 67.5 Å². The minimum Gasteiger partial charge on any atom is -0.462 e. The van der Waals surface area contributed by atoms with Crippen molar-refractivity contribution in [2.75, 3.05) is 11.9 Å². The van der Waals surface area contributed by atoms with Crippen LogP contribution in [0.4, 0.5) is 5.69 Å². The Morgan fingerprint density at radius 1 is 1.24 bits per heavy atom. The van der Waals surface area contributed by atoms with Crippen LogP contribution in [0.2, 0.25) is 0 Å². The van der Waals surface area contributed by atoms with Gasteiger partial charge in [0.1, 0.15) is 17.1 Å². The molecule has 0 saturated carbocycles. The lowest BCUT2D eigenvalue weighted by Gasteiger charge is -2.10. The fraction of sp³-hybridized carbons (Fsp3) is 0.417. The van der Waals surface area contributed by atoms with Crippen LogP contribution in [0.25, 0.3) is 11.6 Å². The highest BCUT2D eigenvalue weighted by molar-refractivity contribution is 6.35. The maximum atomic E-state index is 12.7. The van der Waals surface area contributed by atoms with Crippen LogP contribution in [0.5, 0.6) is 0 Å². The molecule has 5 heteroatoms. The largest absolute Gasteiger partial charge is 0.462 e. The van der Waals surface area contributed by atoms with Crippen LogP contribution in [0.15, 0.2) is 22.6 Å². The summed E-state index contributed by atoms with van der Waals surface area (Å²) >= 11 is 0. The lowest BCUT2D eigenvalue weighted by Crippen LogP contribution is -2.10. The highest BCUT2D eigenvalue weighted by Crippen LogP contribution is 2.37. The Morgan fingerprint density at radius 3 is 2.86 bits per heavy atom. The van der Waals surface area contributed by atoms with Gasteiger partial charge in [-0.15, -0.1) is 0 Å². The zero-order valence-corrected chi connectivity index (χ0v) is 17.1. The number of aryl methyl sites for hydroxylation is 2. The van der Waals surface area contributed by atoms with Crippen molar-refractivity contribution in [2.24, 2.45) is 0 Å². The highest BCUT2D eigenvalue weighted by Gasteiger charge is 2.30. The highest BCUT2D eigenvalue weighted by atomic mass is 16.5. The maximum absolute atomic E-state index is 12.7. The van der Waals surface area contributed by atoms with Gasteiger partial charge in [-0.1, -0.05) is 19.4 Å². The Balaban J connectivity index is 1.78. The molecular weight excluding hydrogens is 366 g/mol. The average Bonchev–Trinajstić information content (AvgIpc) is 3.24. The molecule has 1 aliphatic carbocycles. The molecule has 1 aromatic heterocycles. The molecule has 0 atom stereocenters. The van der Waals surface area contributed by atoms with E-state index in [0.29, 0.717) is 23.5 Å². The van der Waals surface area contributed by atoms with Crippen LogP contribution in [-0.4, -0.2) is 18.5 Å². The van der Waals surface area contributed by atoms with Crippen molar-refractivity contribution >= 4 is 29.2 Å². The molecule has 2 heterocycles. The molecule has 1 aromatic carbocycles. The van der Waals surface area contributed by atoms with Gasteiger partial charge < -0.3 is 14.5 Å². The summed E-state index contributed by atoms with van der Waals surface area (Å²) in [5.41, 5.74) is 4.84. The van der Waals surface area contributed by atoms with Gasteiger partial charge in [0.25, 0.3) is 5.91 Å². The van der Waals surface area contributed by atoms with E-state index in [-0.39, 0.29) is 11.9 Å². The Hall–Kier alpha value is -2.82. The van der Waals surface area contributed by atoms with E-state index in [4.69, 9.17) is 9.15 Å². The van der Waals surface area contributed by atoms with Gasteiger partial charge in [0.15, 0.2) is 0 Å². The number of ether oxygens (including phenoxy) is 1. The van der Waals surface area contributed by atoms with Gasteiger partial charge in [-0.25, -0.2) is 4.79 Å². The molecule has 1 amide bonds. The van der Waals surface area contributed by atoms with Gasteiger partial charge in [0.2, 0.25) is 0 Å². The van der Waals surface area contributed by atoms with E-state index in [1.165, 1.54) is 5.56 Å². The van der Waals surface area contributed by atoms with Gasteiger partial charge >= 0.3 is 5.97 Å². The molecule has 0 radical (unpaired) electrons. The van der Waals surface area contributed by atoms with Crippen molar-refractivity contribution in [1.29, 1.82) is 0 Å². The third kappa shape index (κ3) is 3.74. The van der Waals surface area contributed by atoms with E-state index < -0.39 is 0 Å². The number of anilines is 1. The minimum absolute atomic E-state index is 0.170. The summed E-state index contributed by atoms with van der Waals surface area (Å²) in [6.07, 6.45) is 8.62. The quantitative estimate of drug-likeness (QED) is 0.543. The van der Waals surface area contributed by atoms with E-state index in [1.54, 1.807) is 13.0 Å². The van der Waals surface area contributed by atoms with Crippen molar-refractivity contribution in [2.45, 2.75) is 58.8 Å². The molecule has 0 saturated heterocycles. The first-order valence-electron chi connectivity index (χ1n) is 10.6. The van der Waals surface area contributed by atoms with Gasteiger partial charge in [-0.05, 0) is 62.8 Å². The summed E-state index contributed by atoms with van der Waals surface area (Å²) in [6.45, 7) is 4.26. The average molecular weight is 393 g/mol. The number of carbonyl (C=O) groups excluding carboxylic acids is 2. The smallest absolute Gasteiger partial charge is 0.342 e. The maximum Gasteiger partial charge on any atom is 0.342 e. The van der Waals surface area contributed by atoms with Crippen LogP contribution in [-0.2, 0) is 28.8 Å². The number of unbranched alkanes of at least 4 members (excludes halogenated alkanes) is 1. The first-order chi connectivity index (χ1) is 14.1. The van der Waals surface area contributed by atoms with Crippen molar-refractivity contribution in [3.05, 3.63) is 52.0 Å². The molecule has 2 aliphatic rings. The van der Waals surface area contributed by atoms with Crippen LogP contribution in [0.1, 0.15) is 78.1 Å². The molecule has 1 N–H and O–H groups in total. The molecule has 0 spiro atoms. The zero-order valence-electron chi connectivity index (χ0n) is 17.1. The third-order valence-electron chi connectivity index (χ3n) is 5.64. The number of hydrogen-bond donors (Lipinski definition) is 1. The number of fused-ring (bicyclic) bond motifs is 2. The van der Waals surface area contributed by atoms with Gasteiger partial charge in [0.05, 0.1) is 12.2 Å². The Kier molecular flexibility index (Phi) is 5.56. The summed E-state index contributed by atoms with van der Waals surface area (Å²) in [5.74, 6) is 0.743. The second-order valence-electron chi connectivity index (χ2n) is 7.67. The van der Waals surface area contributed by atoms with Crippen LogP contribution in [0.3, 0.4) is 0 Å².